The molecule has 19 heavy (non-hydrogen) atoms. The molecular weight excluding hydrogens is 263 g/mol. The molecule has 7 heteroatoms. The molecule has 0 saturated heterocycles. The average Bonchev–Trinajstić information content (AvgIpc) is 2.75. The van der Waals surface area contributed by atoms with Crippen molar-refractivity contribution in [2.45, 2.75) is 19.2 Å². The second-order valence-electron chi connectivity index (χ2n) is 4.01. The summed E-state index contributed by atoms with van der Waals surface area (Å²) in [7, 11) is 0. The zero-order chi connectivity index (χ0) is 13.9. The maximum Gasteiger partial charge on any atom is 0.522 e. The van der Waals surface area contributed by atoms with E-state index < -0.39 is 13.0 Å². The van der Waals surface area contributed by atoms with Crippen LogP contribution in [-0.4, -0.2) is 30.5 Å². The van der Waals surface area contributed by atoms with Crippen molar-refractivity contribution in [1.29, 1.82) is 0 Å². The van der Waals surface area contributed by atoms with Gasteiger partial charge in [0.25, 0.3) is 0 Å². The molecule has 0 atom stereocenters. The Kier molecular flexibility index (Phi) is 3.94. The third kappa shape index (κ3) is 3.60. The van der Waals surface area contributed by atoms with Crippen molar-refractivity contribution in [2.24, 2.45) is 5.16 Å². The molecule has 0 radical (unpaired) electrons. The topological polar surface area (TPSA) is 51.1 Å². The maximum atomic E-state index is 11.7. The van der Waals surface area contributed by atoms with E-state index in [2.05, 4.69) is 9.89 Å². The summed E-state index contributed by atoms with van der Waals surface area (Å²) in [6.07, 6.45) is -3.26. The Morgan fingerprint density at radius 3 is 2.68 bits per heavy atom. The zero-order valence-electron chi connectivity index (χ0n) is 9.91. The quantitative estimate of drug-likeness (QED) is 0.522. The van der Waals surface area contributed by atoms with Gasteiger partial charge in [-0.3, -0.25) is 4.74 Å². The lowest BCUT2D eigenvalue weighted by atomic mass is 10.1. The van der Waals surface area contributed by atoms with Gasteiger partial charge in [0.1, 0.15) is 12.4 Å². The molecular formula is C12H12F3NO3. The molecule has 2 rings (SSSR count). The number of alkyl halides is 3. The molecule has 1 aromatic carbocycles. The number of benzene rings is 1. The fourth-order valence-electron chi connectivity index (χ4n) is 1.96. The SMILES string of the molecule is O/N=C1/CCc2cc(OCCOC(F)(F)F)ccc21. The Morgan fingerprint density at radius 2 is 2.00 bits per heavy atom. The molecule has 1 aromatic rings. The normalized spacial score (nSPS) is 16.7. The molecule has 104 valence electrons. The Balaban J connectivity index is 1.90. The van der Waals surface area contributed by atoms with Crippen molar-refractivity contribution in [1.82, 2.24) is 0 Å². The van der Waals surface area contributed by atoms with Gasteiger partial charge < -0.3 is 9.94 Å². The third-order valence-electron chi connectivity index (χ3n) is 2.76. The van der Waals surface area contributed by atoms with E-state index in [1.807, 2.05) is 0 Å². The van der Waals surface area contributed by atoms with Crippen LogP contribution in [0, 0.1) is 0 Å². The van der Waals surface area contributed by atoms with Crippen molar-refractivity contribution in [2.75, 3.05) is 13.2 Å². The number of rotatable bonds is 4. The number of nitrogens with zero attached hydrogens (tertiary/aromatic N) is 1. The van der Waals surface area contributed by atoms with Crippen LogP contribution in [0.15, 0.2) is 23.4 Å². The number of aryl methyl sites for hydroxylation is 1. The van der Waals surface area contributed by atoms with Crippen LogP contribution in [-0.2, 0) is 11.2 Å². The highest BCUT2D eigenvalue weighted by Crippen LogP contribution is 2.26. The van der Waals surface area contributed by atoms with E-state index in [1.54, 1.807) is 18.2 Å². The molecule has 0 amide bonds. The maximum absolute atomic E-state index is 11.7. The molecule has 1 N–H and O–H groups in total. The van der Waals surface area contributed by atoms with Crippen molar-refractivity contribution >= 4 is 5.71 Å². The number of oxime groups is 1. The van der Waals surface area contributed by atoms with Crippen LogP contribution >= 0.6 is 0 Å². The summed E-state index contributed by atoms with van der Waals surface area (Å²) in [6.45, 7) is -0.733. The predicted molar refractivity (Wildman–Crippen MR) is 60.6 cm³/mol. The van der Waals surface area contributed by atoms with Gasteiger partial charge in [-0.05, 0) is 36.6 Å². The van der Waals surface area contributed by atoms with Gasteiger partial charge in [0.05, 0.1) is 12.3 Å². The highest BCUT2D eigenvalue weighted by atomic mass is 19.4. The van der Waals surface area contributed by atoms with E-state index in [9.17, 15) is 13.2 Å². The van der Waals surface area contributed by atoms with Crippen molar-refractivity contribution in [3.63, 3.8) is 0 Å². The molecule has 0 bridgehead atoms. The van der Waals surface area contributed by atoms with Crippen LogP contribution in [0.1, 0.15) is 17.5 Å². The largest absolute Gasteiger partial charge is 0.522 e. The van der Waals surface area contributed by atoms with Gasteiger partial charge in [-0.25, -0.2) is 0 Å². The number of hydrogen-bond donors (Lipinski definition) is 1. The molecule has 1 aliphatic carbocycles. The van der Waals surface area contributed by atoms with Crippen LogP contribution in [0.5, 0.6) is 5.75 Å². The van der Waals surface area contributed by atoms with E-state index in [4.69, 9.17) is 9.94 Å². The Labute approximate surface area is 107 Å². The van der Waals surface area contributed by atoms with Gasteiger partial charge in [-0.2, -0.15) is 0 Å². The summed E-state index contributed by atoms with van der Waals surface area (Å²) < 4.78 is 44.0. The van der Waals surface area contributed by atoms with Gasteiger partial charge in [-0.15, -0.1) is 13.2 Å². The standard InChI is InChI=1S/C12H12F3NO3/c13-12(14,15)19-6-5-18-9-2-3-10-8(7-9)1-4-11(10)16-17/h2-3,7,17H,1,4-6H2/b16-11-. The molecule has 0 spiro atoms. The lowest BCUT2D eigenvalue weighted by Gasteiger charge is -2.10. The minimum absolute atomic E-state index is 0.181. The first kappa shape index (κ1) is 13.7. The molecule has 4 nitrogen and oxygen atoms in total. The monoisotopic (exact) mass is 275 g/mol. The Hall–Kier alpha value is -1.76. The highest BCUT2D eigenvalue weighted by Gasteiger charge is 2.28. The van der Waals surface area contributed by atoms with Gasteiger partial charge >= 0.3 is 6.36 Å². The second kappa shape index (κ2) is 5.48. The average molecular weight is 275 g/mol. The van der Waals surface area contributed by atoms with E-state index >= 15 is 0 Å². The fraction of sp³-hybridized carbons (Fsp3) is 0.417. The van der Waals surface area contributed by atoms with Crippen molar-refractivity contribution < 1.29 is 27.9 Å². The summed E-state index contributed by atoms with van der Waals surface area (Å²) in [5.74, 6) is 0.476. The molecule has 0 aromatic heterocycles. The van der Waals surface area contributed by atoms with E-state index in [1.165, 1.54) is 0 Å². The van der Waals surface area contributed by atoms with Crippen molar-refractivity contribution in [3.8, 4) is 5.75 Å². The summed E-state index contributed by atoms with van der Waals surface area (Å²) in [4.78, 5) is 0. The lowest BCUT2D eigenvalue weighted by molar-refractivity contribution is -0.325. The first-order valence-corrected chi connectivity index (χ1v) is 5.67. The molecule has 0 unspecified atom stereocenters. The third-order valence-corrected chi connectivity index (χ3v) is 2.76. The summed E-state index contributed by atoms with van der Waals surface area (Å²) in [5, 5.41) is 12.0. The molecule has 1 aliphatic rings. The molecule has 0 aliphatic heterocycles. The zero-order valence-corrected chi connectivity index (χ0v) is 9.91. The van der Waals surface area contributed by atoms with Crippen LogP contribution in [0.3, 0.4) is 0 Å². The van der Waals surface area contributed by atoms with Crippen LogP contribution in [0.25, 0.3) is 0 Å². The smallest absolute Gasteiger partial charge is 0.491 e. The summed E-state index contributed by atoms with van der Waals surface area (Å²) in [5.41, 5.74) is 2.42. The van der Waals surface area contributed by atoms with Crippen LogP contribution in [0.2, 0.25) is 0 Å². The van der Waals surface area contributed by atoms with Crippen LogP contribution in [0.4, 0.5) is 13.2 Å². The second-order valence-corrected chi connectivity index (χ2v) is 4.01. The van der Waals surface area contributed by atoms with Gasteiger partial charge in [0.2, 0.25) is 0 Å². The minimum atomic E-state index is -4.63. The van der Waals surface area contributed by atoms with Gasteiger partial charge in [0.15, 0.2) is 0 Å². The first-order valence-electron chi connectivity index (χ1n) is 5.67. The van der Waals surface area contributed by atoms with E-state index in [0.717, 1.165) is 17.5 Å². The number of hydrogen-bond acceptors (Lipinski definition) is 4. The summed E-state index contributed by atoms with van der Waals surface area (Å²) in [6, 6.07) is 5.10. The lowest BCUT2D eigenvalue weighted by Crippen LogP contribution is -2.18. The highest BCUT2D eigenvalue weighted by molar-refractivity contribution is 6.04. The van der Waals surface area contributed by atoms with E-state index in [0.29, 0.717) is 17.9 Å². The fourth-order valence-corrected chi connectivity index (χ4v) is 1.96. The Bertz CT molecular complexity index is 486. The number of halogens is 3. The van der Waals surface area contributed by atoms with Crippen LogP contribution < -0.4 is 4.74 Å². The molecule has 0 fully saturated rings. The molecule has 0 saturated carbocycles. The van der Waals surface area contributed by atoms with Crippen molar-refractivity contribution in [3.05, 3.63) is 29.3 Å². The number of ether oxygens (including phenoxy) is 2. The van der Waals surface area contributed by atoms with Gasteiger partial charge in [-0.1, -0.05) is 5.16 Å². The van der Waals surface area contributed by atoms with E-state index in [-0.39, 0.29) is 6.61 Å². The minimum Gasteiger partial charge on any atom is -0.491 e. The predicted octanol–water partition coefficient (Wildman–Crippen LogP) is 2.73. The number of fused-ring (bicyclic) bond motifs is 1. The molecule has 0 heterocycles. The Morgan fingerprint density at radius 1 is 1.21 bits per heavy atom. The summed E-state index contributed by atoms with van der Waals surface area (Å²) >= 11 is 0. The first-order chi connectivity index (χ1) is 8.99. The van der Waals surface area contributed by atoms with Gasteiger partial charge in [0, 0.05) is 5.56 Å².